The Morgan fingerprint density at radius 3 is 2.25 bits per heavy atom. The summed E-state index contributed by atoms with van der Waals surface area (Å²) in [5.41, 5.74) is 0. The van der Waals surface area contributed by atoms with Gasteiger partial charge in [0, 0.05) is 6.42 Å². The Labute approximate surface area is 95.3 Å². The van der Waals surface area contributed by atoms with Crippen LogP contribution in [0.5, 0.6) is 0 Å². The van der Waals surface area contributed by atoms with Crippen molar-refractivity contribution in [2.24, 2.45) is 11.8 Å². The topological polar surface area (TPSA) is 76.4 Å². The van der Waals surface area contributed by atoms with Crippen molar-refractivity contribution in [2.45, 2.75) is 27.2 Å². The molecular formula is C11H17NO4. The monoisotopic (exact) mass is 227 g/mol. The molecule has 0 amide bonds. The van der Waals surface area contributed by atoms with Crippen molar-refractivity contribution < 1.29 is 19.1 Å². The maximum Gasteiger partial charge on any atom is 0.323 e. The summed E-state index contributed by atoms with van der Waals surface area (Å²) in [5.74, 6) is -2.30. The molecule has 0 aromatic carbocycles. The van der Waals surface area contributed by atoms with Crippen LogP contribution in [-0.4, -0.2) is 25.2 Å². The first-order valence-electron chi connectivity index (χ1n) is 5.28. The molecule has 0 saturated carbocycles. The third kappa shape index (κ3) is 4.78. The Morgan fingerprint density at radius 1 is 1.25 bits per heavy atom. The molecule has 90 valence electrons. The van der Waals surface area contributed by atoms with E-state index in [0.717, 1.165) is 0 Å². The van der Waals surface area contributed by atoms with Gasteiger partial charge in [0.15, 0.2) is 0 Å². The third-order valence-electron chi connectivity index (χ3n) is 2.04. The van der Waals surface area contributed by atoms with Gasteiger partial charge in [-0.1, -0.05) is 6.92 Å². The van der Waals surface area contributed by atoms with Crippen LogP contribution in [0.3, 0.4) is 0 Å². The average molecular weight is 227 g/mol. The van der Waals surface area contributed by atoms with E-state index in [0.29, 0.717) is 6.61 Å². The maximum absolute atomic E-state index is 11.4. The number of nitriles is 1. The van der Waals surface area contributed by atoms with E-state index in [1.807, 2.05) is 6.07 Å². The van der Waals surface area contributed by atoms with Crippen molar-refractivity contribution in [3.05, 3.63) is 0 Å². The summed E-state index contributed by atoms with van der Waals surface area (Å²) < 4.78 is 9.49. The predicted molar refractivity (Wildman–Crippen MR) is 56.2 cm³/mol. The van der Waals surface area contributed by atoms with Crippen molar-refractivity contribution in [3.63, 3.8) is 0 Å². The standard InChI is InChI=1S/C11H17NO4/c1-4-15-10(13)6-8(3)9(7-12)11(14)16-5-2/h8-9H,4-6H2,1-3H3/t8-,9-/m0/s1. The zero-order chi connectivity index (χ0) is 12.6. The zero-order valence-electron chi connectivity index (χ0n) is 9.86. The molecule has 0 aromatic rings. The Hall–Kier alpha value is -1.57. The van der Waals surface area contributed by atoms with Gasteiger partial charge < -0.3 is 9.47 Å². The van der Waals surface area contributed by atoms with Gasteiger partial charge in [-0.2, -0.15) is 5.26 Å². The Balaban J connectivity index is 4.32. The largest absolute Gasteiger partial charge is 0.466 e. The number of carbonyl (C=O) groups is 2. The van der Waals surface area contributed by atoms with Crippen LogP contribution in [-0.2, 0) is 19.1 Å². The summed E-state index contributed by atoms with van der Waals surface area (Å²) in [7, 11) is 0. The molecule has 0 unspecified atom stereocenters. The number of ether oxygens (including phenoxy) is 2. The molecular weight excluding hydrogens is 210 g/mol. The number of rotatable bonds is 6. The van der Waals surface area contributed by atoms with Gasteiger partial charge in [0.2, 0.25) is 0 Å². The molecule has 0 bridgehead atoms. The van der Waals surface area contributed by atoms with Crippen LogP contribution in [0.2, 0.25) is 0 Å². The second-order valence-electron chi connectivity index (χ2n) is 3.35. The normalized spacial score (nSPS) is 13.4. The van der Waals surface area contributed by atoms with Crippen molar-refractivity contribution in [2.75, 3.05) is 13.2 Å². The fourth-order valence-electron chi connectivity index (χ4n) is 1.24. The molecule has 0 rings (SSSR count). The fraction of sp³-hybridized carbons (Fsp3) is 0.727. The lowest BCUT2D eigenvalue weighted by Crippen LogP contribution is -2.25. The molecule has 0 heterocycles. The zero-order valence-corrected chi connectivity index (χ0v) is 9.86. The second-order valence-corrected chi connectivity index (χ2v) is 3.35. The average Bonchev–Trinajstić information content (AvgIpc) is 2.19. The van der Waals surface area contributed by atoms with Crippen molar-refractivity contribution >= 4 is 11.9 Å². The SMILES string of the molecule is CCOC(=O)C[C@H](C)[C@H](C#N)C(=O)OCC. The summed E-state index contributed by atoms with van der Waals surface area (Å²) in [5, 5.41) is 8.83. The van der Waals surface area contributed by atoms with Gasteiger partial charge in [0.1, 0.15) is 5.92 Å². The minimum atomic E-state index is -0.913. The van der Waals surface area contributed by atoms with E-state index in [2.05, 4.69) is 0 Å². The molecule has 0 spiro atoms. The second kappa shape index (κ2) is 7.69. The van der Waals surface area contributed by atoms with Crippen LogP contribution in [0.15, 0.2) is 0 Å². The van der Waals surface area contributed by atoms with Gasteiger partial charge in [-0.05, 0) is 19.8 Å². The highest BCUT2D eigenvalue weighted by atomic mass is 16.5. The van der Waals surface area contributed by atoms with Gasteiger partial charge in [-0.3, -0.25) is 9.59 Å². The molecule has 2 atom stereocenters. The number of hydrogen-bond donors (Lipinski definition) is 0. The van der Waals surface area contributed by atoms with E-state index in [-0.39, 0.29) is 13.0 Å². The Kier molecular flexibility index (Phi) is 6.93. The van der Waals surface area contributed by atoms with Crippen LogP contribution in [0.4, 0.5) is 0 Å². The van der Waals surface area contributed by atoms with Crippen LogP contribution in [0.1, 0.15) is 27.2 Å². The molecule has 5 heteroatoms. The minimum absolute atomic E-state index is 0.0465. The Morgan fingerprint density at radius 2 is 1.81 bits per heavy atom. The summed E-state index contributed by atoms with van der Waals surface area (Å²) in [6, 6.07) is 1.85. The first-order valence-corrected chi connectivity index (χ1v) is 5.28. The van der Waals surface area contributed by atoms with E-state index >= 15 is 0 Å². The highest BCUT2D eigenvalue weighted by Gasteiger charge is 2.28. The van der Waals surface area contributed by atoms with Crippen molar-refractivity contribution in [1.82, 2.24) is 0 Å². The first kappa shape index (κ1) is 14.4. The van der Waals surface area contributed by atoms with Crippen LogP contribution < -0.4 is 0 Å². The molecule has 0 aliphatic carbocycles. The Bertz CT molecular complexity index is 282. The quantitative estimate of drug-likeness (QED) is 0.639. The van der Waals surface area contributed by atoms with E-state index in [9.17, 15) is 9.59 Å². The number of esters is 2. The smallest absolute Gasteiger partial charge is 0.323 e. The number of carbonyl (C=O) groups excluding carboxylic acids is 2. The number of nitrogens with zero attached hydrogens (tertiary/aromatic N) is 1. The summed E-state index contributed by atoms with van der Waals surface area (Å²) in [6.45, 7) is 5.55. The summed E-state index contributed by atoms with van der Waals surface area (Å²) in [4.78, 5) is 22.5. The lowest BCUT2D eigenvalue weighted by molar-refractivity contribution is -0.149. The van der Waals surface area contributed by atoms with Gasteiger partial charge in [-0.25, -0.2) is 0 Å². The summed E-state index contributed by atoms with van der Waals surface area (Å²) in [6.07, 6.45) is 0.0465. The van der Waals surface area contributed by atoms with E-state index in [1.54, 1.807) is 20.8 Å². The fourth-order valence-corrected chi connectivity index (χ4v) is 1.24. The molecule has 0 fully saturated rings. The van der Waals surface area contributed by atoms with Gasteiger partial charge in [0.25, 0.3) is 0 Å². The summed E-state index contributed by atoms with van der Waals surface area (Å²) >= 11 is 0. The lowest BCUT2D eigenvalue weighted by atomic mass is 9.92. The number of hydrogen-bond acceptors (Lipinski definition) is 5. The van der Waals surface area contributed by atoms with Gasteiger partial charge in [-0.15, -0.1) is 0 Å². The van der Waals surface area contributed by atoms with E-state index in [1.165, 1.54) is 0 Å². The van der Waals surface area contributed by atoms with Crippen LogP contribution in [0, 0.1) is 23.2 Å². The van der Waals surface area contributed by atoms with E-state index < -0.39 is 23.8 Å². The lowest BCUT2D eigenvalue weighted by Gasteiger charge is -2.15. The van der Waals surface area contributed by atoms with Crippen molar-refractivity contribution in [1.29, 1.82) is 5.26 Å². The molecule has 16 heavy (non-hydrogen) atoms. The molecule has 0 N–H and O–H groups in total. The third-order valence-corrected chi connectivity index (χ3v) is 2.04. The molecule has 5 nitrogen and oxygen atoms in total. The van der Waals surface area contributed by atoms with E-state index in [4.69, 9.17) is 14.7 Å². The molecule has 0 saturated heterocycles. The minimum Gasteiger partial charge on any atom is -0.466 e. The van der Waals surface area contributed by atoms with Gasteiger partial charge >= 0.3 is 11.9 Å². The first-order chi connectivity index (χ1) is 7.56. The highest BCUT2D eigenvalue weighted by Crippen LogP contribution is 2.17. The molecule has 0 radical (unpaired) electrons. The highest BCUT2D eigenvalue weighted by molar-refractivity contribution is 5.77. The predicted octanol–water partition coefficient (Wildman–Crippen LogP) is 1.28. The van der Waals surface area contributed by atoms with Gasteiger partial charge in [0.05, 0.1) is 19.3 Å². The molecule has 0 aliphatic rings. The maximum atomic E-state index is 11.4. The van der Waals surface area contributed by atoms with Crippen LogP contribution in [0.25, 0.3) is 0 Å². The molecule has 0 aliphatic heterocycles. The van der Waals surface area contributed by atoms with Crippen LogP contribution >= 0.6 is 0 Å². The molecule has 0 aromatic heterocycles. The van der Waals surface area contributed by atoms with Crippen molar-refractivity contribution in [3.8, 4) is 6.07 Å².